The van der Waals surface area contributed by atoms with Crippen LogP contribution in [-0.4, -0.2) is 21.0 Å². The smallest absolute Gasteiger partial charge is 0.280 e. The van der Waals surface area contributed by atoms with Crippen molar-refractivity contribution in [2.75, 3.05) is 11.1 Å². The number of aromatic nitrogens is 2. The van der Waals surface area contributed by atoms with Crippen molar-refractivity contribution >= 4 is 17.5 Å². The van der Waals surface area contributed by atoms with Crippen LogP contribution in [0, 0.1) is 0 Å². The van der Waals surface area contributed by atoms with Crippen LogP contribution in [0.2, 0.25) is 0 Å². The summed E-state index contributed by atoms with van der Waals surface area (Å²) in [4.78, 5) is 27.1. The lowest BCUT2D eigenvalue weighted by atomic mass is 10.4. The molecule has 0 spiro atoms. The highest BCUT2D eigenvalue weighted by Crippen LogP contribution is 2.13. The Hall–Kier alpha value is -2.05. The summed E-state index contributed by atoms with van der Waals surface area (Å²) in [5.74, 6) is -1.29. The largest absolute Gasteiger partial charge is 0.492 e. The third-order valence-electron chi connectivity index (χ3n) is 1.22. The number of nitrogens with two attached hydrogens (primary N) is 1. The van der Waals surface area contributed by atoms with Gasteiger partial charge >= 0.3 is 0 Å². The van der Waals surface area contributed by atoms with Crippen LogP contribution in [0.5, 0.6) is 5.88 Å². The maximum absolute atomic E-state index is 11.0. The first-order valence-electron chi connectivity index (χ1n) is 3.37. The van der Waals surface area contributed by atoms with Crippen LogP contribution in [0.1, 0.15) is 6.92 Å². The standard InChI is InChI=1S/C6H8N4O3/c1-2(11)8-3-4(12)9-6(7)10-5(3)13/h1H3,(H,8,11)(H4,7,9,10,12,13). The summed E-state index contributed by atoms with van der Waals surface area (Å²) in [6.45, 7) is 1.20. The second kappa shape index (κ2) is 3.13. The summed E-state index contributed by atoms with van der Waals surface area (Å²) in [7, 11) is 0. The molecule has 0 bridgehead atoms. The molecule has 0 aliphatic carbocycles. The molecule has 0 fully saturated rings. The van der Waals surface area contributed by atoms with Gasteiger partial charge in [0.15, 0.2) is 5.69 Å². The van der Waals surface area contributed by atoms with Crippen LogP contribution in [0.15, 0.2) is 4.79 Å². The summed E-state index contributed by atoms with van der Waals surface area (Å²) in [6.07, 6.45) is 0. The second-order valence-electron chi connectivity index (χ2n) is 2.33. The summed E-state index contributed by atoms with van der Waals surface area (Å²) >= 11 is 0. The average molecular weight is 184 g/mol. The summed E-state index contributed by atoms with van der Waals surface area (Å²) in [5.41, 5.74) is 4.12. The minimum absolute atomic E-state index is 0.211. The van der Waals surface area contributed by atoms with E-state index in [9.17, 15) is 9.59 Å². The van der Waals surface area contributed by atoms with E-state index in [4.69, 9.17) is 10.8 Å². The average Bonchev–Trinajstić information content (AvgIpc) is 1.96. The van der Waals surface area contributed by atoms with Gasteiger partial charge in [-0.15, -0.1) is 0 Å². The fourth-order valence-corrected chi connectivity index (χ4v) is 0.767. The van der Waals surface area contributed by atoms with Gasteiger partial charge in [-0.05, 0) is 0 Å². The Morgan fingerprint density at radius 3 is 2.77 bits per heavy atom. The summed E-state index contributed by atoms with van der Waals surface area (Å²) < 4.78 is 0. The Labute approximate surface area is 72.6 Å². The van der Waals surface area contributed by atoms with Crippen LogP contribution in [-0.2, 0) is 4.79 Å². The molecule has 13 heavy (non-hydrogen) atoms. The second-order valence-corrected chi connectivity index (χ2v) is 2.33. The molecule has 1 amide bonds. The molecule has 0 atom stereocenters. The molecule has 0 aliphatic heterocycles. The summed E-state index contributed by atoms with van der Waals surface area (Å²) in [6, 6.07) is 0. The highest BCUT2D eigenvalue weighted by molar-refractivity contribution is 5.89. The van der Waals surface area contributed by atoms with Crippen molar-refractivity contribution in [2.45, 2.75) is 6.92 Å². The van der Waals surface area contributed by atoms with Crippen molar-refractivity contribution in [3.05, 3.63) is 10.4 Å². The van der Waals surface area contributed by atoms with Gasteiger partial charge < -0.3 is 16.2 Å². The van der Waals surface area contributed by atoms with E-state index in [1.807, 2.05) is 0 Å². The third kappa shape index (κ3) is 1.95. The van der Waals surface area contributed by atoms with Crippen LogP contribution in [0.25, 0.3) is 0 Å². The van der Waals surface area contributed by atoms with E-state index in [1.165, 1.54) is 6.92 Å². The zero-order valence-corrected chi connectivity index (χ0v) is 6.79. The number of hydrogen-bond acceptors (Lipinski definition) is 5. The number of nitrogens with one attached hydrogen (secondary N) is 2. The Balaban J connectivity index is 3.21. The minimum atomic E-state index is -0.694. The number of aromatic amines is 1. The molecule has 5 N–H and O–H groups in total. The molecule has 1 aromatic heterocycles. The van der Waals surface area contributed by atoms with Crippen LogP contribution >= 0.6 is 0 Å². The van der Waals surface area contributed by atoms with Gasteiger partial charge in [0.2, 0.25) is 17.7 Å². The highest BCUT2D eigenvalue weighted by Gasteiger charge is 2.09. The van der Waals surface area contributed by atoms with Gasteiger partial charge in [0.25, 0.3) is 5.56 Å². The lowest BCUT2D eigenvalue weighted by Gasteiger charge is -2.02. The number of nitrogen functional groups attached to an aromatic ring is 1. The Morgan fingerprint density at radius 2 is 2.31 bits per heavy atom. The molecule has 7 heteroatoms. The molecule has 7 nitrogen and oxygen atoms in total. The van der Waals surface area contributed by atoms with Gasteiger partial charge in [0, 0.05) is 6.92 Å². The van der Waals surface area contributed by atoms with Gasteiger partial charge in [0.1, 0.15) is 0 Å². The maximum Gasteiger partial charge on any atom is 0.280 e. The Bertz CT molecular complexity index is 397. The predicted molar refractivity (Wildman–Crippen MR) is 45.2 cm³/mol. The molecule has 1 rings (SSSR count). The zero-order valence-electron chi connectivity index (χ0n) is 6.79. The number of rotatable bonds is 1. The van der Waals surface area contributed by atoms with E-state index < -0.39 is 17.3 Å². The first-order valence-corrected chi connectivity index (χ1v) is 3.37. The number of amides is 1. The van der Waals surface area contributed by atoms with E-state index in [0.29, 0.717) is 0 Å². The molecule has 0 unspecified atom stereocenters. The Kier molecular flexibility index (Phi) is 2.18. The number of carbonyl (C=O) groups is 1. The topological polar surface area (TPSA) is 121 Å². The number of nitrogens with zero attached hydrogens (tertiary/aromatic N) is 1. The van der Waals surface area contributed by atoms with Gasteiger partial charge in [-0.3, -0.25) is 14.6 Å². The van der Waals surface area contributed by atoms with Crippen molar-refractivity contribution in [1.29, 1.82) is 0 Å². The molecule has 0 saturated carbocycles. The van der Waals surface area contributed by atoms with Crippen LogP contribution < -0.4 is 16.6 Å². The van der Waals surface area contributed by atoms with Gasteiger partial charge in [-0.1, -0.05) is 0 Å². The fourth-order valence-electron chi connectivity index (χ4n) is 0.767. The van der Waals surface area contributed by atoms with Crippen molar-refractivity contribution < 1.29 is 9.90 Å². The van der Waals surface area contributed by atoms with E-state index in [0.717, 1.165) is 0 Å². The van der Waals surface area contributed by atoms with Crippen LogP contribution in [0.3, 0.4) is 0 Å². The van der Waals surface area contributed by atoms with Crippen molar-refractivity contribution in [1.82, 2.24) is 9.97 Å². The zero-order chi connectivity index (χ0) is 10.0. The molecule has 0 saturated heterocycles. The molecule has 0 radical (unpaired) electrons. The lowest BCUT2D eigenvalue weighted by Crippen LogP contribution is -2.19. The molecular weight excluding hydrogens is 176 g/mol. The minimum Gasteiger partial charge on any atom is -0.492 e. The molecule has 70 valence electrons. The molecule has 0 aliphatic rings. The molecule has 1 aromatic rings. The number of anilines is 2. The SMILES string of the molecule is CC(=O)Nc1c(O)nc(N)[nH]c1=O. The van der Waals surface area contributed by atoms with Crippen molar-refractivity contribution in [3.63, 3.8) is 0 Å². The molecule has 1 heterocycles. The predicted octanol–water partition coefficient (Wildman–Crippen LogP) is -0.984. The number of carbonyl (C=O) groups excluding carboxylic acids is 1. The van der Waals surface area contributed by atoms with E-state index in [2.05, 4.69) is 15.3 Å². The normalized spacial score (nSPS) is 9.62. The van der Waals surface area contributed by atoms with Crippen LogP contribution in [0.4, 0.5) is 11.6 Å². The van der Waals surface area contributed by atoms with Gasteiger partial charge in [-0.2, -0.15) is 4.98 Å². The van der Waals surface area contributed by atoms with Crippen molar-refractivity contribution in [3.8, 4) is 5.88 Å². The number of aromatic hydroxyl groups is 1. The number of H-pyrrole nitrogens is 1. The number of hydrogen-bond donors (Lipinski definition) is 4. The first kappa shape index (κ1) is 9.04. The Morgan fingerprint density at radius 1 is 1.69 bits per heavy atom. The summed E-state index contributed by atoms with van der Waals surface area (Å²) in [5, 5.41) is 11.2. The van der Waals surface area contributed by atoms with Gasteiger partial charge in [-0.25, -0.2) is 0 Å². The molecular formula is C6H8N4O3. The highest BCUT2D eigenvalue weighted by atomic mass is 16.3. The molecule has 0 aromatic carbocycles. The van der Waals surface area contributed by atoms with Crippen molar-refractivity contribution in [2.24, 2.45) is 0 Å². The first-order chi connectivity index (χ1) is 6.00. The van der Waals surface area contributed by atoms with E-state index in [-0.39, 0.29) is 11.6 Å². The third-order valence-corrected chi connectivity index (χ3v) is 1.22. The monoisotopic (exact) mass is 184 g/mol. The maximum atomic E-state index is 11.0. The lowest BCUT2D eigenvalue weighted by molar-refractivity contribution is -0.114. The van der Waals surface area contributed by atoms with E-state index in [1.54, 1.807) is 0 Å². The fraction of sp³-hybridized carbons (Fsp3) is 0.167. The quantitative estimate of drug-likeness (QED) is 0.446. The van der Waals surface area contributed by atoms with E-state index >= 15 is 0 Å². The van der Waals surface area contributed by atoms with Gasteiger partial charge in [0.05, 0.1) is 0 Å².